The first kappa shape index (κ1) is 14.1. The second-order valence-corrected chi connectivity index (χ2v) is 1.79. The van der Waals surface area contributed by atoms with Crippen LogP contribution >= 0.6 is 0 Å². The van der Waals surface area contributed by atoms with E-state index in [0.29, 0.717) is 5.70 Å². The van der Waals surface area contributed by atoms with E-state index in [2.05, 4.69) is 29.9 Å². The molecule has 0 aromatic rings. The molecule has 0 aliphatic heterocycles. The molecule has 2 nitrogen and oxygen atoms in total. The van der Waals surface area contributed by atoms with Gasteiger partial charge in [-0.15, -0.1) is 0 Å². The van der Waals surface area contributed by atoms with Gasteiger partial charge in [0.2, 0.25) is 0 Å². The van der Waals surface area contributed by atoms with Crippen molar-refractivity contribution in [2.24, 2.45) is 9.98 Å². The Morgan fingerprint density at radius 3 is 1.92 bits per heavy atom. The lowest BCUT2D eigenvalue weighted by atomic mass is 10.2. The van der Waals surface area contributed by atoms with E-state index < -0.39 is 0 Å². The molecule has 13 heavy (non-hydrogen) atoms. The minimum atomic E-state index is 0.700. The summed E-state index contributed by atoms with van der Waals surface area (Å²) in [5, 5.41) is 0. The van der Waals surface area contributed by atoms with Crippen LogP contribution in [-0.2, 0) is 0 Å². The molecule has 0 amide bonds. The van der Waals surface area contributed by atoms with E-state index >= 15 is 0 Å². The molecule has 0 saturated heterocycles. The molecule has 0 heterocycles. The molecule has 72 valence electrons. The second kappa shape index (κ2) is 10.6. The van der Waals surface area contributed by atoms with Crippen LogP contribution in [0.3, 0.4) is 0 Å². The molecule has 0 spiro atoms. The summed E-state index contributed by atoms with van der Waals surface area (Å²) < 4.78 is 0. The van der Waals surface area contributed by atoms with E-state index in [4.69, 9.17) is 0 Å². The van der Waals surface area contributed by atoms with Crippen molar-refractivity contribution >= 4 is 12.9 Å². The fraction of sp³-hybridized carbons (Fsp3) is 0.273. The van der Waals surface area contributed by atoms with Gasteiger partial charge in [0.05, 0.1) is 5.70 Å². The van der Waals surface area contributed by atoms with Crippen LogP contribution in [0.15, 0.2) is 46.6 Å². The molecule has 0 aliphatic rings. The van der Waals surface area contributed by atoms with Crippen molar-refractivity contribution in [3.05, 3.63) is 36.6 Å². The first-order valence-electron chi connectivity index (χ1n) is 4.18. The summed E-state index contributed by atoms with van der Waals surface area (Å²) in [7, 11) is 1.69. The van der Waals surface area contributed by atoms with E-state index in [0.717, 1.165) is 5.57 Å². The van der Waals surface area contributed by atoms with Gasteiger partial charge in [0.15, 0.2) is 0 Å². The predicted octanol–water partition coefficient (Wildman–Crippen LogP) is 3.04. The maximum absolute atomic E-state index is 3.83. The van der Waals surface area contributed by atoms with Crippen molar-refractivity contribution in [1.29, 1.82) is 0 Å². The van der Waals surface area contributed by atoms with Gasteiger partial charge in [-0.25, -0.2) is 0 Å². The van der Waals surface area contributed by atoms with Crippen LogP contribution in [0.1, 0.15) is 13.8 Å². The average Bonchev–Trinajstić information content (AvgIpc) is 2.21. The Labute approximate surface area is 81.1 Å². The molecule has 0 aromatic heterocycles. The highest BCUT2D eigenvalue weighted by molar-refractivity contribution is 5.84. The fourth-order valence-electron chi connectivity index (χ4n) is 0.636. The topological polar surface area (TPSA) is 24.7 Å². The van der Waals surface area contributed by atoms with E-state index in [9.17, 15) is 0 Å². The van der Waals surface area contributed by atoms with Crippen molar-refractivity contribution in [3.63, 3.8) is 0 Å². The quantitative estimate of drug-likeness (QED) is 0.467. The van der Waals surface area contributed by atoms with Gasteiger partial charge >= 0.3 is 0 Å². The minimum absolute atomic E-state index is 0.700. The molecule has 0 N–H and O–H groups in total. The summed E-state index contributed by atoms with van der Waals surface area (Å²) in [6, 6.07) is 0. The molecule has 0 aliphatic carbocycles. The highest BCUT2D eigenvalue weighted by Gasteiger charge is 1.92. The molecule has 0 radical (unpaired) electrons. The van der Waals surface area contributed by atoms with Crippen molar-refractivity contribution in [3.8, 4) is 0 Å². The van der Waals surface area contributed by atoms with Gasteiger partial charge < -0.3 is 0 Å². The Bertz CT molecular complexity index is 212. The standard InChI is InChI=1S/C9H12N2.C2H6/c1-5-8(7-10-3)9(6-2)11-4;1-2/h5-7H,1-2,4H2,3H3;1-2H3/b9-8+,10-7?;. The molecule has 0 aromatic carbocycles. The molecule has 0 fully saturated rings. The molecule has 0 saturated carbocycles. The smallest absolute Gasteiger partial charge is 0.0703 e. The Kier molecular flexibility index (Phi) is 11.5. The van der Waals surface area contributed by atoms with Gasteiger partial charge in [0, 0.05) is 18.8 Å². The van der Waals surface area contributed by atoms with E-state index in [1.54, 1.807) is 25.4 Å². The lowest BCUT2D eigenvalue weighted by Crippen LogP contribution is -1.84. The number of nitrogens with zero attached hydrogens (tertiary/aromatic N) is 2. The van der Waals surface area contributed by atoms with Crippen molar-refractivity contribution < 1.29 is 0 Å². The predicted molar refractivity (Wildman–Crippen MR) is 62.7 cm³/mol. The molecular formula is C11H18N2. The lowest BCUT2D eigenvalue weighted by molar-refractivity contribution is 1.40. The summed E-state index contributed by atoms with van der Waals surface area (Å²) in [6.07, 6.45) is 4.95. The molecule has 0 bridgehead atoms. The molecule has 2 heteroatoms. The Hall–Kier alpha value is -1.44. The minimum Gasteiger partial charge on any atom is -0.296 e. The van der Waals surface area contributed by atoms with Gasteiger partial charge in [-0.05, 0) is 12.8 Å². The van der Waals surface area contributed by atoms with Crippen LogP contribution in [0.2, 0.25) is 0 Å². The Morgan fingerprint density at radius 1 is 1.15 bits per heavy atom. The lowest BCUT2D eigenvalue weighted by Gasteiger charge is -1.95. The second-order valence-electron chi connectivity index (χ2n) is 1.79. The van der Waals surface area contributed by atoms with Crippen molar-refractivity contribution in [2.45, 2.75) is 13.8 Å². The third-order valence-electron chi connectivity index (χ3n) is 1.15. The van der Waals surface area contributed by atoms with Crippen LogP contribution < -0.4 is 0 Å². The summed E-state index contributed by atoms with van der Waals surface area (Å²) in [5.74, 6) is 0. The zero-order valence-corrected chi connectivity index (χ0v) is 8.75. The van der Waals surface area contributed by atoms with Crippen LogP contribution in [0, 0.1) is 0 Å². The highest BCUT2D eigenvalue weighted by atomic mass is 14.7. The van der Waals surface area contributed by atoms with Gasteiger partial charge in [-0.3, -0.25) is 9.98 Å². The maximum atomic E-state index is 3.83. The molecule has 0 unspecified atom stereocenters. The molecule has 0 atom stereocenters. The van der Waals surface area contributed by atoms with Crippen LogP contribution in [-0.4, -0.2) is 20.0 Å². The van der Waals surface area contributed by atoms with Crippen LogP contribution in [0.25, 0.3) is 0 Å². The van der Waals surface area contributed by atoms with Gasteiger partial charge in [-0.2, -0.15) is 0 Å². The number of aliphatic imine (C=N–C) groups is 2. The fourth-order valence-corrected chi connectivity index (χ4v) is 0.636. The third-order valence-corrected chi connectivity index (χ3v) is 1.15. The average molecular weight is 178 g/mol. The van der Waals surface area contributed by atoms with Gasteiger partial charge in [-0.1, -0.05) is 33.1 Å². The summed E-state index contributed by atoms with van der Waals surface area (Å²) >= 11 is 0. The first-order valence-corrected chi connectivity index (χ1v) is 4.18. The highest BCUT2D eigenvalue weighted by Crippen LogP contribution is 2.05. The van der Waals surface area contributed by atoms with Crippen LogP contribution in [0.4, 0.5) is 0 Å². The van der Waals surface area contributed by atoms with E-state index in [-0.39, 0.29) is 0 Å². The van der Waals surface area contributed by atoms with Crippen molar-refractivity contribution in [1.82, 2.24) is 0 Å². The zero-order valence-electron chi connectivity index (χ0n) is 8.75. The number of allylic oxidation sites excluding steroid dienone is 3. The molecule has 0 rings (SSSR count). The van der Waals surface area contributed by atoms with Gasteiger partial charge in [0.1, 0.15) is 0 Å². The molecular weight excluding hydrogens is 160 g/mol. The summed E-state index contributed by atoms with van der Waals surface area (Å²) in [6.45, 7) is 14.6. The summed E-state index contributed by atoms with van der Waals surface area (Å²) in [5.41, 5.74) is 1.53. The normalized spacial score (nSPS) is 11.0. The Morgan fingerprint density at radius 2 is 1.69 bits per heavy atom. The largest absolute Gasteiger partial charge is 0.296 e. The van der Waals surface area contributed by atoms with E-state index in [1.165, 1.54) is 0 Å². The number of hydrogen-bond donors (Lipinski definition) is 0. The monoisotopic (exact) mass is 178 g/mol. The summed E-state index contributed by atoms with van der Waals surface area (Å²) in [4.78, 5) is 7.58. The first-order chi connectivity index (χ1) is 6.29. The number of hydrogen-bond acceptors (Lipinski definition) is 2. The zero-order chi connectivity index (χ0) is 10.7. The number of rotatable bonds is 4. The third kappa shape index (κ3) is 5.79. The van der Waals surface area contributed by atoms with Crippen LogP contribution in [0.5, 0.6) is 0 Å². The van der Waals surface area contributed by atoms with Crippen molar-refractivity contribution in [2.75, 3.05) is 7.05 Å². The Balaban J connectivity index is 0. The van der Waals surface area contributed by atoms with E-state index in [1.807, 2.05) is 13.8 Å². The SMILES string of the molecule is C=C/C(C=NC)=C(/C=C)N=C.CC. The maximum Gasteiger partial charge on any atom is 0.0703 e. The van der Waals surface area contributed by atoms with Gasteiger partial charge in [0.25, 0.3) is 0 Å².